The van der Waals surface area contributed by atoms with Crippen molar-refractivity contribution in [3.05, 3.63) is 16.1 Å². The monoisotopic (exact) mass is 378 g/mol. The van der Waals surface area contributed by atoms with Gasteiger partial charge in [0, 0.05) is 51.1 Å². The van der Waals surface area contributed by atoms with Crippen LogP contribution in [0.1, 0.15) is 48.1 Å². The molecule has 0 atom stereocenters. The van der Waals surface area contributed by atoms with Crippen LogP contribution < -0.4 is 0 Å². The number of rotatable bonds is 5. The number of amides is 2. The van der Waals surface area contributed by atoms with Crippen molar-refractivity contribution >= 4 is 23.2 Å². The molecule has 2 amide bonds. The second-order valence-corrected chi connectivity index (χ2v) is 8.40. The molecule has 2 fully saturated rings. The van der Waals surface area contributed by atoms with Crippen LogP contribution in [-0.2, 0) is 4.79 Å². The SMILES string of the molecule is CCN1CCN(C(=O)CCC2CCN(C(=O)c3csc(C)n3)CC2)CC1. The fraction of sp³-hybridized carbons (Fsp3) is 0.737. The molecular formula is C19H30N4O2S. The first-order valence-corrected chi connectivity index (χ1v) is 10.7. The fourth-order valence-corrected chi connectivity index (χ4v) is 4.43. The largest absolute Gasteiger partial charge is 0.340 e. The summed E-state index contributed by atoms with van der Waals surface area (Å²) in [6.45, 7) is 10.5. The molecule has 1 aromatic rings. The van der Waals surface area contributed by atoms with Crippen molar-refractivity contribution in [3.63, 3.8) is 0 Å². The van der Waals surface area contributed by atoms with E-state index in [1.54, 1.807) is 0 Å². The van der Waals surface area contributed by atoms with Crippen molar-refractivity contribution in [2.75, 3.05) is 45.8 Å². The maximum Gasteiger partial charge on any atom is 0.273 e. The molecule has 0 saturated carbocycles. The van der Waals surface area contributed by atoms with Gasteiger partial charge in [-0.25, -0.2) is 4.98 Å². The summed E-state index contributed by atoms with van der Waals surface area (Å²) in [7, 11) is 0. The minimum Gasteiger partial charge on any atom is -0.340 e. The Balaban J connectivity index is 1.37. The second-order valence-electron chi connectivity index (χ2n) is 7.34. The number of piperidine rings is 1. The van der Waals surface area contributed by atoms with Gasteiger partial charge < -0.3 is 14.7 Å². The summed E-state index contributed by atoms with van der Waals surface area (Å²) in [5.41, 5.74) is 0.576. The van der Waals surface area contributed by atoms with Gasteiger partial charge in [-0.15, -0.1) is 11.3 Å². The summed E-state index contributed by atoms with van der Waals surface area (Å²) in [6.07, 6.45) is 3.58. The van der Waals surface area contributed by atoms with Crippen LogP contribution in [0.25, 0.3) is 0 Å². The molecule has 2 saturated heterocycles. The van der Waals surface area contributed by atoms with Gasteiger partial charge in [-0.1, -0.05) is 6.92 Å². The summed E-state index contributed by atoms with van der Waals surface area (Å²) in [4.78, 5) is 35.5. The number of carbonyl (C=O) groups is 2. The summed E-state index contributed by atoms with van der Waals surface area (Å²) in [6, 6.07) is 0. The molecule has 0 unspecified atom stereocenters. The topological polar surface area (TPSA) is 56.8 Å². The third-order valence-corrected chi connectivity index (χ3v) is 6.45. The Morgan fingerprint density at radius 3 is 2.38 bits per heavy atom. The Bertz CT molecular complexity index is 617. The molecule has 26 heavy (non-hydrogen) atoms. The summed E-state index contributed by atoms with van der Waals surface area (Å²) in [5, 5.41) is 2.78. The number of likely N-dealkylation sites (tertiary alicyclic amines) is 1. The van der Waals surface area contributed by atoms with Crippen LogP contribution in [0.4, 0.5) is 0 Å². The third kappa shape index (κ3) is 4.82. The van der Waals surface area contributed by atoms with Crippen LogP contribution in [0.15, 0.2) is 5.38 Å². The highest BCUT2D eigenvalue weighted by molar-refractivity contribution is 7.09. The van der Waals surface area contributed by atoms with E-state index in [9.17, 15) is 9.59 Å². The first-order chi connectivity index (χ1) is 12.6. The Hall–Kier alpha value is -1.47. The number of likely N-dealkylation sites (N-methyl/N-ethyl adjacent to an activating group) is 1. The average Bonchev–Trinajstić information content (AvgIpc) is 3.12. The van der Waals surface area contributed by atoms with E-state index in [1.165, 1.54) is 11.3 Å². The molecule has 6 nitrogen and oxygen atoms in total. The zero-order valence-corrected chi connectivity index (χ0v) is 16.8. The van der Waals surface area contributed by atoms with E-state index < -0.39 is 0 Å². The minimum atomic E-state index is 0.0534. The summed E-state index contributed by atoms with van der Waals surface area (Å²) in [5.74, 6) is 0.909. The quantitative estimate of drug-likeness (QED) is 0.789. The molecule has 0 N–H and O–H groups in total. The normalized spacial score (nSPS) is 19.8. The van der Waals surface area contributed by atoms with Crippen LogP contribution in [-0.4, -0.2) is 77.3 Å². The minimum absolute atomic E-state index is 0.0534. The zero-order chi connectivity index (χ0) is 18.5. The van der Waals surface area contributed by atoms with E-state index in [-0.39, 0.29) is 5.91 Å². The molecule has 144 valence electrons. The third-order valence-electron chi connectivity index (χ3n) is 5.68. The van der Waals surface area contributed by atoms with E-state index in [1.807, 2.05) is 22.1 Å². The van der Waals surface area contributed by atoms with E-state index in [0.29, 0.717) is 23.9 Å². The number of aryl methyl sites for hydroxylation is 1. The molecule has 7 heteroatoms. The first-order valence-electron chi connectivity index (χ1n) is 9.78. The van der Waals surface area contributed by atoms with Crippen molar-refractivity contribution in [2.45, 2.75) is 39.5 Å². The lowest BCUT2D eigenvalue weighted by Gasteiger charge is -2.35. The Morgan fingerprint density at radius 1 is 1.12 bits per heavy atom. The Labute approximate surface area is 160 Å². The number of piperazine rings is 1. The molecule has 2 aliphatic heterocycles. The van der Waals surface area contributed by atoms with Gasteiger partial charge in [0.1, 0.15) is 5.69 Å². The standard InChI is InChI=1S/C19H30N4O2S/c1-3-21-10-12-22(13-11-21)18(24)5-4-16-6-8-23(9-7-16)19(25)17-14-26-15(2)20-17/h14,16H,3-13H2,1-2H3. The summed E-state index contributed by atoms with van der Waals surface area (Å²) >= 11 is 1.52. The number of aromatic nitrogens is 1. The molecule has 0 aromatic carbocycles. The van der Waals surface area contributed by atoms with E-state index >= 15 is 0 Å². The number of hydrogen-bond donors (Lipinski definition) is 0. The predicted octanol–water partition coefficient (Wildman–Crippen LogP) is 2.25. The molecule has 0 spiro atoms. The van der Waals surface area contributed by atoms with Crippen LogP contribution in [0, 0.1) is 12.8 Å². The van der Waals surface area contributed by atoms with Gasteiger partial charge in [-0.05, 0) is 38.6 Å². The van der Waals surface area contributed by atoms with Gasteiger partial charge in [-0.3, -0.25) is 9.59 Å². The van der Waals surface area contributed by atoms with E-state index in [2.05, 4.69) is 16.8 Å². The van der Waals surface area contributed by atoms with Crippen molar-refractivity contribution in [3.8, 4) is 0 Å². The van der Waals surface area contributed by atoms with E-state index in [4.69, 9.17) is 0 Å². The highest BCUT2D eigenvalue weighted by atomic mass is 32.1. The Kier molecular flexibility index (Phi) is 6.64. The van der Waals surface area contributed by atoms with Crippen LogP contribution in [0.3, 0.4) is 0 Å². The Morgan fingerprint density at radius 2 is 1.81 bits per heavy atom. The fourth-order valence-electron chi connectivity index (χ4n) is 3.85. The highest BCUT2D eigenvalue weighted by Gasteiger charge is 2.26. The van der Waals surface area contributed by atoms with Gasteiger partial charge >= 0.3 is 0 Å². The average molecular weight is 379 g/mol. The molecule has 3 heterocycles. The number of thiazole rings is 1. The maximum absolute atomic E-state index is 12.4. The zero-order valence-electron chi connectivity index (χ0n) is 15.9. The molecular weight excluding hydrogens is 348 g/mol. The van der Waals surface area contributed by atoms with Gasteiger partial charge in [-0.2, -0.15) is 0 Å². The van der Waals surface area contributed by atoms with Crippen molar-refractivity contribution in [1.29, 1.82) is 0 Å². The molecule has 0 bridgehead atoms. The van der Waals surface area contributed by atoms with Crippen molar-refractivity contribution in [2.24, 2.45) is 5.92 Å². The molecule has 1 aromatic heterocycles. The number of nitrogens with zero attached hydrogens (tertiary/aromatic N) is 4. The lowest BCUT2D eigenvalue weighted by atomic mass is 9.91. The van der Waals surface area contributed by atoms with Crippen LogP contribution in [0.5, 0.6) is 0 Å². The smallest absolute Gasteiger partial charge is 0.273 e. The molecule has 0 aliphatic carbocycles. The molecule has 0 radical (unpaired) electrons. The number of hydrogen-bond acceptors (Lipinski definition) is 5. The van der Waals surface area contributed by atoms with Crippen LogP contribution >= 0.6 is 11.3 Å². The maximum atomic E-state index is 12.4. The molecule has 3 rings (SSSR count). The van der Waals surface area contributed by atoms with Crippen molar-refractivity contribution in [1.82, 2.24) is 19.7 Å². The van der Waals surface area contributed by atoms with Gasteiger partial charge in [0.05, 0.1) is 5.01 Å². The second kappa shape index (κ2) is 8.95. The highest BCUT2D eigenvalue weighted by Crippen LogP contribution is 2.24. The van der Waals surface area contributed by atoms with E-state index in [0.717, 1.165) is 70.1 Å². The van der Waals surface area contributed by atoms with Gasteiger partial charge in [0.15, 0.2) is 0 Å². The number of carbonyl (C=O) groups excluding carboxylic acids is 2. The first kappa shape index (κ1) is 19.3. The molecule has 2 aliphatic rings. The van der Waals surface area contributed by atoms with Gasteiger partial charge in [0.25, 0.3) is 5.91 Å². The van der Waals surface area contributed by atoms with Crippen molar-refractivity contribution < 1.29 is 9.59 Å². The van der Waals surface area contributed by atoms with Gasteiger partial charge in [0.2, 0.25) is 5.91 Å². The predicted molar refractivity (Wildman–Crippen MR) is 103 cm³/mol. The summed E-state index contributed by atoms with van der Waals surface area (Å²) < 4.78 is 0. The van der Waals surface area contributed by atoms with Crippen LogP contribution in [0.2, 0.25) is 0 Å². The lowest BCUT2D eigenvalue weighted by molar-refractivity contribution is -0.133. The lowest BCUT2D eigenvalue weighted by Crippen LogP contribution is -2.48.